The van der Waals surface area contributed by atoms with E-state index < -0.39 is 0 Å². The maximum Gasteiger partial charge on any atom is 0.126 e. The van der Waals surface area contributed by atoms with Crippen molar-refractivity contribution >= 4 is 5.69 Å². The summed E-state index contributed by atoms with van der Waals surface area (Å²) in [5.41, 5.74) is 3.52. The van der Waals surface area contributed by atoms with Crippen molar-refractivity contribution in [1.82, 2.24) is 5.32 Å². The van der Waals surface area contributed by atoms with Gasteiger partial charge in [0.15, 0.2) is 0 Å². The summed E-state index contributed by atoms with van der Waals surface area (Å²) in [6, 6.07) is 17.5. The smallest absolute Gasteiger partial charge is 0.126 e. The lowest BCUT2D eigenvalue weighted by Crippen LogP contribution is -2.43. The van der Waals surface area contributed by atoms with Crippen LogP contribution in [0.15, 0.2) is 48.5 Å². The SMILES string of the molecule is CCCCC1CNCCC1Nc1ccc(OC)c(-c2ccccc2)c1. The summed E-state index contributed by atoms with van der Waals surface area (Å²) in [4.78, 5) is 0. The molecule has 0 bridgehead atoms. The first kappa shape index (κ1) is 17.8. The lowest BCUT2D eigenvalue weighted by Gasteiger charge is -2.33. The Labute approximate surface area is 151 Å². The third-order valence-corrected chi connectivity index (χ3v) is 5.17. The van der Waals surface area contributed by atoms with E-state index in [0.717, 1.165) is 24.4 Å². The summed E-state index contributed by atoms with van der Waals surface area (Å²) >= 11 is 0. The van der Waals surface area contributed by atoms with Gasteiger partial charge in [0.2, 0.25) is 0 Å². The normalized spacial score (nSPS) is 20.2. The van der Waals surface area contributed by atoms with E-state index in [2.05, 4.69) is 60.0 Å². The van der Waals surface area contributed by atoms with Crippen LogP contribution >= 0.6 is 0 Å². The Morgan fingerprint density at radius 3 is 2.76 bits per heavy atom. The molecule has 2 atom stereocenters. The van der Waals surface area contributed by atoms with Crippen molar-refractivity contribution in [3.05, 3.63) is 48.5 Å². The van der Waals surface area contributed by atoms with Crippen LogP contribution in [-0.4, -0.2) is 26.2 Å². The van der Waals surface area contributed by atoms with Crippen molar-refractivity contribution in [2.24, 2.45) is 5.92 Å². The predicted octanol–water partition coefficient (Wildman–Crippen LogP) is 4.94. The van der Waals surface area contributed by atoms with Gasteiger partial charge in [-0.3, -0.25) is 0 Å². The third-order valence-electron chi connectivity index (χ3n) is 5.17. The molecule has 134 valence electrons. The molecule has 1 heterocycles. The quantitative estimate of drug-likeness (QED) is 0.750. The van der Waals surface area contributed by atoms with E-state index in [4.69, 9.17) is 4.74 Å². The molecule has 0 saturated carbocycles. The van der Waals surface area contributed by atoms with Crippen LogP contribution in [0.4, 0.5) is 5.69 Å². The van der Waals surface area contributed by atoms with Gasteiger partial charge in [0, 0.05) is 17.3 Å². The van der Waals surface area contributed by atoms with Crippen LogP contribution in [0.3, 0.4) is 0 Å². The molecular weight excluding hydrogens is 308 g/mol. The topological polar surface area (TPSA) is 33.3 Å². The lowest BCUT2D eigenvalue weighted by molar-refractivity contribution is 0.319. The van der Waals surface area contributed by atoms with E-state index in [-0.39, 0.29) is 0 Å². The predicted molar refractivity (Wildman–Crippen MR) is 106 cm³/mol. The first-order valence-corrected chi connectivity index (χ1v) is 9.52. The maximum absolute atomic E-state index is 5.58. The fourth-order valence-corrected chi connectivity index (χ4v) is 3.74. The van der Waals surface area contributed by atoms with Gasteiger partial charge in [-0.05, 0) is 55.6 Å². The monoisotopic (exact) mass is 338 g/mol. The van der Waals surface area contributed by atoms with Crippen LogP contribution in [0.25, 0.3) is 11.1 Å². The van der Waals surface area contributed by atoms with E-state index in [1.165, 1.54) is 36.9 Å². The van der Waals surface area contributed by atoms with Gasteiger partial charge < -0.3 is 15.4 Å². The molecule has 25 heavy (non-hydrogen) atoms. The zero-order chi connectivity index (χ0) is 17.5. The minimum absolute atomic E-state index is 0.546. The molecule has 1 aliphatic rings. The number of methoxy groups -OCH3 is 1. The van der Waals surface area contributed by atoms with Crippen LogP contribution in [0.5, 0.6) is 5.75 Å². The molecule has 2 aromatic carbocycles. The first-order valence-electron chi connectivity index (χ1n) is 9.52. The molecular formula is C22H30N2O. The molecule has 0 aromatic heterocycles. The largest absolute Gasteiger partial charge is 0.496 e. The van der Waals surface area contributed by atoms with Gasteiger partial charge in [-0.25, -0.2) is 0 Å². The number of hydrogen-bond acceptors (Lipinski definition) is 3. The van der Waals surface area contributed by atoms with Crippen LogP contribution in [0.1, 0.15) is 32.6 Å². The lowest BCUT2D eigenvalue weighted by atomic mass is 9.88. The van der Waals surface area contributed by atoms with Crippen molar-refractivity contribution in [1.29, 1.82) is 0 Å². The Morgan fingerprint density at radius 2 is 2.00 bits per heavy atom. The molecule has 3 nitrogen and oxygen atoms in total. The molecule has 0 spiro atoms. The first-order chi connectivity index (χ1) is 12.3. The number of ether oxygens (including phenoxy) is 1. The van der Waals surface area contributed by atoms with Gasteiger partial charge in [0.1, 0.15) is 5.75 Å². The Hall–Kier alpha value is -2.00. The Kier molecular flexibility index (Phi) is 6.35. The highest BCUT2D eigenvalue weighted by molar-refractivity contribution is 5.74. The minimum Gasteiger partial charge on any atom is -0.496 e. The van der Waals surface area contributed by atoms with Crippen molar-refractivity contribution in [2.45, 2.75) is 38.6 Å². The average Bonchev–Trinajstić information content (AvgIpc) is 2.68. The third kappa shape index (κ3) is 4.55. The number of benzene rings is 2. The number of piperidine rings is 1. The minimum atomic E-state index is 0.546. The van der Waals surface area contributed by atoms with E-state index in [1.54, 1.807) is 7.11 Å². The molecule has 2 unspecified atom stereocenters. The summed E-state index contributed by atoms with van der Waals surface area (Å²) in [5.74, 6) is 1.63. The fourth-order valence-electron chi connectivity index (χ4n) is 3.74. The molecule has 1 fully saturated rings. The highest BCUT2D eigenvalue weighted by Gasteiger charge is 2.24. The van der Waals surface area contributed by atoms with Crippen LogP contribution in [-0.2, 0) is 0 Å². The van der Waals surface area contributed by atoms with E-state index in [0.29, 0.717) is 12.0 Å². The Balaban J connectivity index is 1.80. The molecule has 1 saturated heterocycles. The molecule has 3 rings (SSSR count). The summed E-state index contributed by atoms with van der Waals surface area (Å²) in [6.45, 7) is 4.50. The van der Waals surface area contributed by atoms with Gasteiger partial charge in [-0.2, -0.15) is 0 Å². The van der Waals surface area contributed by atoms with Crippen molar-refractivity contribution in [2.75, 3.05) is 25.5 Å². The second-order valence-electron chi connectivity index (χ2n) is 6.93. The van der Waals surface area contributed by atoms with Gasteiger partial charge in [-0.1, -0.05) is 50.1 Å². The molecule has 0 aliphatic carbocycles. The van der Waals surface area contributed by atoms with E-state index in [9.17, 15) is 0 Å². The molecule has 0 radical (unpaired) electrons. The molecule has 3 heteroatoms. The number of rotatable bonds is 7. The molecule has 2 aromatic rings. The molecule has 1 aliphatic heterocycles. The van der Waals surface area contributed by atoms with Gasteiger partial charge in [-0.15, -0.1) is 0 Å². The van der Waals surface area contributed by atoms with E-state index >= 15 is 0 Å². The highest BCUT2D eigenvalue weighted by Crippen LogP contribution is 2.33. The number of hydrogen-bond donors (Lipinski definition) is 2. The summed E-state index contributed by atoms with van der Waals surface area (Å²) in [6.07, 6.45) is 5.05. The van der Waals surface area contributed by atoms with Gasteiger partial charge >= 0.3 is 0 Å². The molecule has 0 amide bonds. The maximum atomic E-state index is 5.58. The summed E-state index contributed by atoms with van der Waals surface area (Å²) in [5, 5.41) is 7.36. The zero-order valence-electron chi connectivity index (χ0n) is 15.4. The number of unbranched alkanes of at least 4 members (excludes halogenated alkanes) is 1. The Bertz CT molecular complexity index is 656. The summed E-state index contributed by atoms with van der Waals surface area (Å²) < 4.78 is 5.58. The second-order valence-corrected chi connectivity index (χ2v) is 6.93. The summed E-state index contributed by atoms with van der Waals surface area (Å²) in [7, 11) is 1.74. The van der Waals surface area contributed by atoms with E-state index in [1.807, 2.05) is 6.07 Å². The fraction of sp³-hybridized carbons (Fsp3) is 0.455. The highest BCUT2D eigenvalue weighted by atomic mass is 16.5. The van der Waals surface area contributed by atoms with Crippen LogP contribution in [0, 0.1) is 5.92 Å². The standard InChI is InChI=1S/C22H30N2O/c1-3-4-8-18-16-23-14-13-21(18)24-19-11-12-22(25-2)20(15-19)17-9-6-5-7-10-17/h5-7,9-12,15,18,21,23-24H,3-4,8,13-14,16H2,1-2H3. The van der Waals surface area contributed by atoms with Gasteiger partial charge in [0.25, 0.3) is 0 Å². The van der Waals surface area contributed by atoms with Crippen molar-refractivity contribution < 1.29 is 4.74 Å². The molecule has 2 N–H and O–H groups in total. The van der Waals surface area contributed by atoms with Crippen LogP contribution < -0.4 is 15.4 Å². The average molecular weight is 338 g/mol. The van der Waals surface area contributed by atoms with Crippen molar-refractivity contribution in [3.63, 3.8) is 0 Å². The zero-order valence-corrected chi connectivity index (χ0v) is 15.4. The van der Waals surface area contributed by atoms with Crippen molar-refractivity contribution in [3.8, 4) is 16.9 Å². The number of nitrogens with one attached hydrogen (secondary N) is 2. The number of anilines is 1. The Morgan fingerprint density at radius 1 is 1.16 bits per heavy atom. The van der Waals surface area contributed by atoms with Crippen LogP contribution in [0.2, 0.25) is 0 Å². The van der Waals surface area contributed by atoms with Gasteiger partial charge in [0.05, 0.1) is 7.11 Å². The second kappa shape index (κ2) is 8.91.